The summed E-state index contributed by atoms with van der Waals surface area (Å²) in [5, 5.41) is 0. The van der Waals surface area contributed by atoms with Gasteiger partial charge in [-0.2, -0.15) is 35.1 Å². The van der Waals surface area contributed by atoms with E-state index in [4.69, 9.17) is 0 Å². The van der Waals surface area contributed by atoms with E-state index in [1.165, 1.54) is 0 Å². The van der Waals surface area contributed by atoms with Crippen LogP contribution in [0.25, 0.3) is 0 Å². The Bertz CT molecular complexity index is 403. The molecule has 1 aliphatic rings. The van der Waals surface area contributed by atoms with Crippen LogP contribution < -0.4 is 0 Å². The summed E-state index contributed by atoms with van der Waals surface area (Å²) in [6.45, 7) is -0.781. The van der Waals surface area contributed by atoms with Gasteiger partial charge in [-0.3, -0.25) is 4.74 Å². The van der Waals surface area contributed by atoms with Crippen molar-refractivity contribution in [2.24, 2.45) is 0 Å². The molecule has 1 rings (SSSR count). The molecule has 0 bridgehead atoms. The Kier molecular flexibility index (Phi) is 9.41. The number of alkyl halides is 9. The zero-order valence-corrected chi connectivity index (χ0v) is 10.2. The highest BCUT2D eigenvalue weighted by Crippen LogP contribution is 2.60. The fourth-order valence-electron chi connectivity index (χ4n) is 1.55. The first kappa shape index (κ1) is 31.1. The maximum atomic E-state index is 13.9. The number of halogens is 9. The minimum Gasteiger partial charge on any atom is -0.300 e. The average molecular weight is 384 g/mol. The molecular weight excluding hydrogens is 359 g/mol. The van der Waals surface area contributed by atoms with Crippen molar-refractivity contribution >= 4 is 0 Å². The predicted molar refractivity (Wildman–Crippen MR) is 72.5 cm³/mol. The third kappa shape index (κ3) is 3.92. The highest BCUT2D eigenvalue weighted by molar-refractivity contribution is 5.07. The van der Waals surface area contributed by atoms with Gasteiger partial charge in [-0.05, 0) is 6.92 Å². The van der Waals surface area contributed by atoms with Gasteiger partial charge in [0.05, 0.1) is 0 Å². The van der Waals surface area contributed by atoms with Gasteiger partial charge in [-0.1, -0.05) is 29.7 Å². The normalized spacial score (nSPS) is 33.5. The fourth-order valence-corrected chi connectivity index (χ4v) is 1.55. The van der Waals surface area contributed by atoms with Gasteiger partial charge in [-0.25, -0.2) is 4.39 Å². The van der Waals surface area contributed by atoms with Gasteiger partial charge in [0.15, 0.2) is 0 Å². The molecule has 152 valence electrons. The molecule has 1 aliphatic heterocycles. The van der Waals surface area contributed by atoms with E-state index in [9.17, 15) is 39.5 Å². The molecule has 3 unspecified atom stereocenters. The Labute approximate surface area is 136 Å². The van der Waals surface area contributed by atoms with E-state index < -0.39 is 42.4 Å². The van der Waals surface area contributed by atoms with Gasteiger partial charge in [0.25, 0.3) is 11.6 Å². The Hall–Kier alpha value is -0.710. The van der Waals surface area contributed by atoms with Crippen molar-refractivity contribution in [2.75, 3.05) is 0 Å². The van der Waals surface area contributed by atoms with Crippen LogP contribution >= 0.6 is 0 Å². The van der Waals surface area contributed by atoms with Crippen LogP contribution in [-0.4, -0.2) is 35.5 Å². The highest BCUT2D eigenvalue weighted by atomic mass is 19.4. The molecule has 24 heavy (non-hydrogen) atoms. The molecular formula is C13H25F9O2. The van der Waals surface area contributed by atoms with Crippen molar-refractivity contribution < 1.29 is 49.0 Å². The van der Waals surface area contributed by atoms with Gasteiger partial charge in [0.2, 0.25) is 0 Å². The van der Waals surface area contributed by atoms with Gasteiger partial charge >= 0.3 is 23.9 Å². The van der Waals surface area contributed by atoms with E-state index in [1.807, 2.05) is 0 Å². The first-order valence-electron chi connectivity index (χ1n) is 5.02. The van der Waals surface area contributed by atoms with E-state index >= 15 is 0 Å². The van der Waals surface area contributed by atoms with Crippen LogP contribution in [0.5, 0.6) is 0 Å². The van der Waals surface area contributed by atoms with E-state index in [0.717, 1.165) is 0 Å². The number of hydrogen-bond donors (Lipinski definition) is 0. The lowest BCUT2D eigenvalue weighted by atomic mass is 9.98. The SMILES string of the molecule is C.C.C.C.CC(F)(F)C(F)(F)C1(F)OC(C)(C(F)(F)F)OC1(C)F. The van der Waals surface area contributed by atoms with Crippen molar-refractivity contribution in [3.05, 3.63) is 0 Å². The Morgan fingerprint density at radius 2 is 1.04 bits per heavy atom. The van der Waals surface area contributed by atoms with E-state index in [1.54, 1.807) is 0 Å². The summed E-state index contributed by atoms with van der Waals surface area (Å²) in [4.78, 5) is 0. The molecule has 0 N–H and O–H groups in total. The molecule has 0 aromatic carbocycles. The van der Waals surface area contributed by atoms with Crippen molar-refractivity contribution in [1.29, 1.82) is 0 Å². The summed E-state index contributed by atoms with van der Waals surface area (Å²) in [7, 11) is 0. The van der Waals surface area contributed by atoms with Crippen molar-refractivity contribution in [3.8, 4) is 0 Å². The standard InChI is InChI=1S/C9H9F9O2.4CH4/c1-4(10,11)7(13,14)8(15)5(2,12)19-6(3,20-8)9(16,17)18;;;;/h1-3H3;4*1H4. The van der Waals surface area contributed by atoms with Gasteiger partial charge in [-0.15, -0.1) is 0 Å². The molecule has 1 heterocycles. The zero-order chi connectivity index (χ0) is 16.4. The quantitative estimate of drug-likeness (QED) is 0.506. The molecule has 0 saturated carbocycles. The minimum absolute atomic E-state index is 0. The summed E-state index contributed by atoms with van der Waals surface area (Å²) in [5.74, 6) is -25.0. The van der Waals surface area contributed by atoms with Crippen LogP contribution in [0.15, 0.2) is 0 Å². The van der Waals surface area contributed by atoms with Crippen molar-refractivity contribution in [2.45, 2.75) is 86.0 Å². The maximum absolute atomic E-state index is 13.9. The monoisotopic (exact) mass is 384 g/mol. The summed E-state index contributed by atoms with van der Waals surface area (Å²) < 4.78 is 124. The lowest BCUT2D eigenvalue weighted by Gasteiger charge is -2.36. The third-order valence-electron chi connectivity index (χ3n) is 2.77. The molecule has 1 saturated heterocycles. The molecule has 0 spiro atoms. The molecule has 0 amide bonds. The van der Waals surface area contributed by atoms with Crippen LogP contribution in [-0.2, 0) is 9.47 Å². The number of rotatable bonds is 2. The predicted octanol–water partition coefficient (Wildman–Crippen LogP) is 6.50. The largest absolute Gasteiger partial charge is 0.443 e. The first-order chi connectivity index (χ1) is 8.41. The topological polar surface area (TPSA) is 18.5 Å². The molecule has 11 heteroatoms. The second kappa shape index (κ2) is 7.27. The first-order valence-corrected chi connectivity index (χ1v) is 5.02. The fraction of sp³-hybridized carbons (Fsp3) is 1.00. The molecule has 3 atom stereocenters. The smallest absolute Gasteiger partial charge is 0.300 e. The summed E-state index contributed by atoms with van der Waals surface area (Å²) in [6.07, 6.45) is -5.63. The molecule has 0 aromatic rings. The Morgan fingerprint density at radius 1 is 0.708 bits per heavy atom. The third-order valence-corrected chi connectivity index (χ3v) is 2.77. The second-order valence-corrected chi connectivity index (χ2v) is 4.62. The lowest BCUT2D eigenvalue weighted by Crippen LogP contribution is -2.63. The molecule has 2 nitrogen and oxygen atoms in total. The molecule has 0 aromatic heterocycles. The molecule has 1 fully saturated rings. The van der Waals surface area contributed by atoms with Crippen LogP contribution in [0.2, 0.25) is 0 Å². The lowest BCUT2D eigenvalue weighted by molar-refractivity contribution is -0.394. The average Bonchev–Trinajstić information content (AvgIpc) is 2.31. The van der Waals surface area contributed by atoms with Crippen molar-refractivity contribution in [3.63, 3.8) is 0 Å². The van der Waals surface area contributed by atoms with Crippen LogP contribution in [0.4, 0.5) is 39.5 Å². The van der Waals surface area contributed by atoms with E-state index in [2.05, 4.69) is 9.47 Å². The number of ether oxygens (including phenoxy) is 2. The van der Waals surface area contributed by atoms with E-state index in [0.29, 0.717) is 0 Å². The van der Waals surface area contributed by atoms with E-state index in [-0.39, 0.29) is 43.6 Å². The second-order valence-electron chi connectivity index (χ2n) is 4.62. The van der Waals surface area contributed by atoms with Crippen LogP contribution in [0.1, 0.15) is 50.5 Å². The van der Waals surface area contributed by atoms with Crippen LogP contribution in [0, 0.1) is 0 Å². The summed E-state index contributed by atoms with van der Waals surface area (Å²) in [6, 6.07) is 0. The molecule has 0 aliphatic carbocycles. The van der Waals surface area contributed by atoms with Gasteiger partial charge in [0.1, 0.15) is 0 Å². The zero-order valence-electron chi connectivity index (χ0n) is 10.2. The maximum Gasteiger partial charge on any atom is 0.443 e. The van der Waals surface area contributed by atoms with Gasteiger partial charge in [0, 0.05) is 13.8 Å². The summed E-state index contributed by atoms with van der Waals surface area (Å²) in [5.41, 5.74) is 0. The minimum atomic E-state index is -5.91. The number of hydrogen-bond acceptors (Lipinski definition) is 2. The highest BCUT2D eigenvalue weighted by Gasteiger charge is 2.85. The summed E-state index contributed by atoms with van der Waals surface area (Å²) >= 11 is 0. The van der Waals surface area contributed by atoms with Gasteiger partial charge < -0.3 is 4.74 Å². The van der Waals surface area contributed by atoms with Crippen LogP contribution in [0.3, 0.4) is 0 Å². The Balaban J connectivity index is -0.000000500. The van der Waals surface area contributed by atoms with Crippen molar-refractivity contribution in [1.82, 2.24) is 0 Å². The Morgan fingerprint density at radius 3 is 1.25 bits per heavy atom. The molecule has 0 radical (unpaired) electrons.